The molecule has 1 N–H and O–H groups in total. The number of fused-ring (bicyclic) bond motifs is 1. The highest BCUT2D eigenvalue weighted by atomic mass is 32.1. The molecule has 0 aliphatic heterocycles. The van der Waals surface area contributed by atoms with E-state index in [-0.39, 0.29) is 6.61 Å². The molecule has 1 aliphatic carbocycles. The van der Waals surface area contributed by atoms with Gasteiger partial charge in [-0.25, -0.2) is 4.79 Å². The van der Waals surface area contributed by atoms with Crippen molar-refractivity contribution in [2.45, 2.75) is 38.5 Å². The fraction of sp³-hybridized carbons (Fsp3) is 0.429. The van der Waals surface area contributed by atoms with E-state index in [0.29, 0.717) is 22.1 Å². The van der Waals surface area contributed by atoms with Crippen LogP contribution < -0.4 is 14.8 Å². The van der Waals surface area contributed by atoms with Crippen LogP contribution in [0.5, 0.6) is 11.5 Å². The summed E-state index contributed by atoms with van der Waals surface area (Å²) in [4.78, 5) is 26.4. The Balaban J connectivity index is 1.57. The largest absolute Gasteiger partial charge is 0.497 e. The van der Waals surface area contributed by atoms with Crippen LogP contribution in [-0.4, -0.2) is 32.7 Å². The summed E-state index contributed by atoms with van der Waals surface area (Å²) in [5, 5.41) is 2.69. The van der Waals surface area contributed by atoms with E-state index in [2.05, 4.69) is 5.32 Å². The van der Waals surface area contributed by atoms with Gasteiger partial charge in [0.25, 0.3) is 5.91 Å². The molecule has 28 heavy (non-hydrogen) atoms. The lowest BCUT2D eigenvalue weighted by Crippen LogP contribution is -2.21. The van der Waals surface area contributed by atoms with Gasteiger partial charge in [0.15, 0.2) is 6.61 Å². The van der Waals surface area contributed by atoms with E-state index in [1.54, 1.807) is 25.3 Å². The number of methoxy groups -OCH3 is 2. The second kappa shape index (κ2) is 9.59. The highest BCUT2D eigenvalue weighted by Gasteiger charge is 2.18. The predicted octanol–water partition coefficient (Wildman–Crippen LogP) is 4.22. The van der Waals surface area contributed by atoms with E-state index in [1.807, 2.05) is 6.07 Å². The summed E-state index contributed by atoms with van der Waals surface area (Å²) in [7, 11) is 3.06. The molecule has 0 fully saturated rings. The number of anilines is 1. The summed E-state index contributed by atoms with van der Waals surface area (Å²) in [6, 6.07) is 6.99. The maximum atomic E-state index is 12.4. The fourth-order valence-electron chi connectivity index (χ4n) is 3.24. The Morgan fingerprint density at radius 3 is 2.57 bits per heavy atom. The second-order valence-electron chi connectivity index (χ2n) is 6.66. The van der Waals surface area contributed by atoms with Crippen molar-refractivity contribution in [1.29, 1.82) is 0 Å². The number of hydrogen-bond acceptors (Lipinski definition) is 6. The molecule has 1 aliphatic rings. The summed E-state index contributed by atoms with van der Waals surface area (Å²) < 4.78 is 15.6. The number of carbonyl (C=O) groups excluding carboxylic acids is 2. The number of nitrogens with one attached hydrogen (secondary N) is 1. The number of benzene rings is 1. The third-order valence-corrected chi connectivity index (χ3v) is 5.93. The number of hydrogen-bond donors (Lipinski definition) is 1. The summed E-state index contributed by atoms with van der Waals surface area (Å²) >= 11 is 1.49. The minimum atomic E-state index is -0.450. The van der Waals surface area contributed by atoms with Gasteiger partial charge >= 0.3 is 5.97 Å². The summed E-state index contributed by atoms with van der Waals surface area (Å²) in [6.45, 7) is -0.351. The minimum absolute atomic E-state index is 0.351. The van der Waals surface area contributed by atoms with Gasteiger partial charge < -0.3 is 19.5 Å². The van der Waals surface area contributed by atoms with E-state index in [1.165, 1.54) is 41.7 Å². The molecule has 0 saturated carbocycles. The molecule has 2 aromatic rings. The number of carbonyl (C=O) groups is 2. The van der Waals surface area contributed by atoms with Crippen molar-refractivity contribution in [1.82, 2.24) is 0 Å². The minimum Gasteiger partial charge on any atom is -0.497 e. The molecule has 0 atom stereocenters. The molecule has 1 amide bonds. The molecule has 0 unspecified atom stereocenters. The molecule has 0 saturated heterocycles. The maximum Gasteiger partial charge on any atom is 0.348 e. The molecule has 6 nitrogen and oxygen atoms in total. The van der Waals surface area contributed by atoms with Crippen LogP contribution >= 0.6 is 11.3 Å². The molecule has 0 radical (unpaired) electrons. The van der Waals surface area contributed by atoms with Gasteiger partial charge in [0, 0.05) is 10.9 Å². The van der Waals surface area contributed by atoms with Crippen molar-refractivity contribution in [2.75, 3.05) is 26.1 Å². The van der Waals surface area contributed by atoms with Gasteiger partial charge in [-0.05, 0) is 49.4 Å². The normalized spacial score (nSPS) is 13.6. The van der Waals surface area contributed by atoms with Gasteiger partial charge in [-0.2, -0.15) is 0 Å². The van der Waals surface area contributed by atoms with Crippen molar-refractivity contribution in [3.63, 3.8) is 0 Å². The smallest absolute Gasteiger partial charge is 0.348 e. The third-order valence-electron chi connectivity index (χ3n) is 4.71. The molecule has 150 valence electrons. The summed E-state index contributed by atoms with van der Waals surface area (Å²) in [5.74, 6) is 0.215. The lowest BCUT2D eigenvalue weighted by Gasteiger charge is -2.11. The summed E-state index contributed by atoms with van der Waals surface area (Å²) in [5.41, 5.74) is 1.74. The van der Waals surface area contributed by atoms with Crippen molar-refractivity contribution in [3.8, 4) is 11.5 Å². The zero-order valence-corrected chi connectivity index (χ0v) is 17.0. The topological polar surface area (TPSA) is 73.9 Å². The first kappa shape index (κ1) is 20.2. The molecule has 3 rings (SSSR count). The van der Waals surface area contributed by atoms with Crippen molar-refractivity contribution >= 4 is 28.9 Å². The predicted molar refractivity (Wildman–Crippen MR) is 109 cm³/mol. The Kier molecular flexibility index (Phi) is 6.92. The van der Waals surface area contributed by atoms with Crippen LogP contribution in [0.1, 0.15) is 45.8 Å². The van der Waals surface area contributed by atoms with Gasteiger partial charge in [-0.3, -0.25) is 4.79 Å². The molecule has 0 spiro atoms. The standard InChI is InChI=1S/C21H25NO5S/c1-25-15-9-10-16(17(12-15)26-2)22-20(23)13-27-21(24)19-11-14-7-5-3-4-6-8-18(14)28-19/h9-12H,3-8,13H2,1-2H3,(H,22,23). The van der Waals surface area contributed by atoms with Crippen LogP contribution in [0, 0.1) is 0 Å². The van der Waals surface area contributed by atoms with Gasteiger partial charge in [0.05, 0.1) is 19.9 Å². The van der Waals surface area contributed by atoms with Gasteiger partial charge in [-0.15, -0.1) is 11.3 Å². The second-order valence-corrected chi connectivity index (χ2v) is 7.80. The molecule has 1 aromatic carbocycles. The fourth-order valence-corrected chi connectivity index (χ4v) is 4.38. The van der Waals surface area contributed by atoms with E-state index in [0.717, 1.165) is 25.7 Å². The highest BCUT2D eigenvalue weighted by Crippen LogP contribution is 2.30. The molecule has 7 heteroatoms. The molecule has 0 bridgehead atoms. The van der Waals surface area contributed by atoms with Crippen LogP contribution in [-0.2, 0) is 22.4 Å². The molecular weight excluding hydrogens is 378 g/mol. The maximum absolute atomic E-state index is 12.4. The Bertz CT molecular complexity index is 820. The Labute approximate surface area is 168 Å². The van der Waals surface area contributed by atoms with Crippen LogP contribution in [0.4, 0.5) is 5.69 Å². The number of rotatable bonds is 6. The van der Waals surface area contributed by atoms with E-state index in [4.69, 9.17) is 14.2 Å². The van der Waals surface area contributed by atoms with Crippen LogP contribution in [0.2, 0.25) is 0 Å². The van der Waals surface area contributed by atoms with Gasteiger partial charge in [-0.1, -0.05) is 12.8 Å². The van der Waals surface area contributed by atoms with Crippen LogP contribution in [0.15, 0.2) is 24.3 Å². The van der Waals surface area contributed by atoms with Crippen LogP contribution in [0.3, 0.4) is 0 Å². The van der Waals surface area contributed by atoms with Crippen LogP contribution in [0.25, 0.3) is 0 Å². The van der Waals surface area contributed by atoms with Crippen molar-refractivity contribution in [3.05, 3.63) is 39.6 Å². The van der Waals surface area contributed by atoms with Crippen molar-refractivity contribution in [2.24, 2.45) is 0 Å². The lowest BCUT2D eigenvalue weighted by molar-refractivity contribution is -0.119. The zero-order chi connectivity index (χ0) is 19.9. The third kappa shape index (κ3) is 5.04. The quantitative estimate of drug-likeness (QED) is 0.731. The van der Waals surface area contributed by atoms with E-state index >= 15 is 0 Å². The number of esters is 1. The monoisotopic (exact) mass is 403 g/mol. The molecule has 1 aromatic heterocycles. The number of thiophene rings is 1. The van der Waals surface area contributed by atoms with Gasteiger partial charge in [0.2, 0.25) is 0 Å². The molecule has 1 heterocycles. The summed E-state index contributed by atoms with van der Waals surface area (Å²) in [6.07, 6.45) is 6.83. The average Bonchev–Trinajstić information content (AvgIpc) is 3.08. The average molecular weight is 404 g/mol. The Morgan fingerprint density at radius 2 is 1.82 bits per heavy atom. The zero-order valence-electron chi connectivity index (χ0n) is 16.2. The van der Waals surface area contributed by atoms with E-state index < -0.39 is 11.9 Å². The number of aryl methyl sites for hydroxylation is 2. The Morgan fingerprint density at radius 1 is 1.04 bits per heavy atom. The first-order valence-electron chi connectivity index (χ1n) is 9.41. The number of amides is 1. The highest BCUT2D eigenvalue weighted by molar-refractivity contribution is 7.14. The Hall–Kier alpha value is -2.54. The number of ether oxygens (including phenoxy) is 3. The van der Waals surface area contributed by atoms with E-state index in [9.17, 15) is 9.59 Å². The molecular formula is C21H25NO5S. The first-order valence-corrected chi connectivity index (χ1v) is 10.2. The van der Waals surface area contributed by atoms with Gasteiger partial charge in [0.1, 0.15) is 16.4 Å². The lowest BCUT2D eigenvalue weighted by atomic mass is 10.00. The SMILES string of the molecule is COc1ccc(NC(=O)COC(=O)c2cc3c(s2)CCCCCC3)c(OC)c1. The van der Waals surface area contributed by atoms with Crippen molar-refractivity contribution < 1.29 is 23.8 Å². The first-order chi connectivity index (χ1) is 13.6.